The Balaban J connectivity index is 2.17. The zero-order valence-corrected chi connectivity index (χ0v) is 9.38. The molecule has 1 aliphatic heterocycles. The maximum atomic E-state index is 11.1. The van der Waals surface area contributed by atoms with Gasteiger partial charge in [-0.25, -0.2) is 0 Å². The molecule has 2 rings (SSSR count). The monoisotopic (exact) mass is 252 g/mol. The number of carbonyl (C=O) groups excluding carboxylic acids is 1. The predicted octanol–water partition coefficient (Wildman–Crippen LogP) is 1.35. The Labute approximate surface area is 97.4 Å². The van der Waals surface area contributed by atoms with Crippen molar-refractivity contribution >= 4 is 16.0 Å². The fourth-order valence-corrected chi connectivity index (χ4v) is 1.87. The van der Waals surface area contributed by atoms with E-state index in [1.54, 1.807) is 0 Å². The van der Waals surface area contributed by atoms with Crippen molar-refractivity contribution in [2.24, 2.45) is 10.2 Å². The summed E-state index contributed by atoms with van der Waals surface area (Å²) in [4.78, 5) is 11.0. The lowest BCUT2D eigenvalue weighted by Gasteiger charge is -2.01. The molecule has 88 valence electrons. The highest BCUT2D eigenvalue weighted by Gasteiger charge is 2.14. The van der Waals surface area contributed by atoms with Crippen molar-refractivity contribution in [1.82, 2.24) is 0 Å². The Morgan fingerprint density at radius 1 is 1.18 bits per heavy atom. The average molecular weight is 252 g/mol. The molecule has 1 aromatic carbocycles. The second-order valence-corrected chi connectivity index (χ2v) is 4.89. The summed E-state index contributed by atoms with van der Waals surface area (Å²) < 4.78 is 30.4. The maximum absolute atomic E-state index is 11.1. The highest BCUT2D eigenvalue weighted by Crippen LogP contribution is 2.16. The van der Waals surface area contributed by atoms with Crippen LogP contribution in [0.5, 0.6) is 0 Å². The van der Waals surface area contributed by atoms with E-state index < -0.39 is 10.1 Å². The first kappa shape index (κ1) is 11.6. The number of nitrogens with zero attached hydrogens (tertiary/aromatic N) is 2. The van der Waals surface area contributed by atoms with E-state index in [1.807, 2.05) is 0 Å². The van der Waals surface area contributed by atoms with Crippen LogP contribution in [0.1, 0.15) is 5.56 Å². The summed E-state index contributed by atoms with van der Waals surface area (Å²) in [6.45, 7) is 0. The van der Waals surface area contributed by atoms with Gasteiger partial charge in [0.15, 0.2) is 0 Å². The van der Waals surface area contributed by atoms with Crippen LogP contribution in [0.25, 0.3) is 0 Å². The van der Waals surface area contributed by atoms with E-state index in [0.29, 0.717) is 12.0 Å². The Morgan fingerprint density at radius 3 is 2.29 bits per heavy atom. The molecule has 1 aromatic rings. The largest absolute Gasteiger partial charge is 0.294 e. The van der Waals surface area contributed by atoms with Gasteiger partial charge in [0, 0.05) is 12.0 Å². The van der Waals surface area contributed by atoms with Crippen molar-refractivity contribution in [1.29, 1.82) is 0 Å². The molecule has 0 bridgehead atoms. The smallest absolute Gasteiger partial charge is 0.282 e. The number of hydrogen-bond donors (Lipinski definition) is 1. The molecule has 0 aromatic heterocycles. The zero-order chi connectivity index (χ0) is 12.5. The average Bonchev–Trinajstić information content (AvgIpc) is 2.64. The second kappa shape index (κ2) is 4.19. The van der Waals surface area contributed by atoms with E-state index in [-0.39, 0.29) is 10.8 Å². The molecular formula is C10H8N2O4S. The minimum absolute atomic E-state index is 0.178. The van der Waals surface area contributed by atoms with E-state index >= 15 is 0 Å². The molecule has 1 aliphatic rings. The molecule has 0 spiro atoms. The van der Waals surface area contributed by atoms with Crippen LogP contribution in [0.3, 0.4) is 0 Å². The minimum Gasteiger partial charge on any atom is -0.282 e. The normalized spacial score (nSPS) is 15.1. The standard InChI is InChI=1S/C10H8N2O4S/c13-10-8(6-11-12-10)5-7-1-3-9(4-2-7)17(14,15)16/h1-4,6H,5H2,(H,14,15,16). The summed E-state index contributed by atoms with van der Waals surface area (Å²) in [5.41, 5.74) is 1.19. The van der Waals surface area contributed by atoms with Crippen LogP contribution < -0.4 is 0 Å². The van der Waals surface area contributed by atoms with E-state index in [4.69, 9.17) is 4.55 Å². The number of rotatable bonds is 3. The lowest BCUT2D eigenvalue weighted by molar-refractivity contribution is -0.114. The second-order valence-electron chi connectivity index (χ2n) is 3.47. The van der Waals surface area contributed by atoms with Crippen LogP contribution in [-0.4, -0.2) is 18.9 Å². The highest BCUT2D eigenvalue weighted by molar-refractivity contribution is 7.85. The molecule has 1 N–H and O–H groups in total. The fraction of sp³-hybridized carbons (Fsp3) is 0.100. The van der Waals surface area contributed by atoms with Crippen molar-refractivity contribution < 1.29 is 17.8 Å². The molecule has 0 unspecified atom stereocenters. The number of carbonyl (C=O) groups is 1. The Bertz CT molecular complexity index is 614. The highest BCUT2D eigenvalue weighted by atomic mass is 32.2. The van der Waals surface area contributed by atoms with Gasteiger partial charge >= 0.3 is 0 Å². The van der Waals surface area contributed by atoms with Gasteiger partial charge in [0.2, 0.25) is 0 Å². The summed E-state index contributed by atoms with van der Waals surface area (Å²) in [6.07, 6.45) is 1.70. The molecule has 7 heteroatoms. The van der Waals surface area contributed by atoms with Crippen molar-refractivity contribution in [2.45, 2.75) is 11.3 Å². The zero-order valence-electron chi connectivity index (χ0n) is 8.57. The maximum Gasteiger partial charge on any atom is 0.294 e. The van der Waals surface area contributed by atoms with Gasteiger partial charge in [0.25, 0.3) is 16.0 Å². The molecular weight excluding hydrogens is 244 g/mol. The van der Waals surface area contributed by atoms with Crippen LogP contribution in [-0.2, 0) is 21.3 Å². The minimum atomic E-state index is -4.18. The molecule has 0 saturated heterocycles. The topological polar surface area (TPSA) is 96.2 Å². The lowest BCUT2D eigenvalue weighted by atomic mass is 10.1. The van der Waals surface area contributed by atoms with Crippen LogP contribution in [0.15, 0.2) is 51.2 Å². The summed E-state index contributed by atoms with van der Waals surface area (Å²) >= 11 is 0. The van der Waals surface area contributed by atoms with Gasteiger partial charge < -0.3 is 0 Å². The van der Waals surface area contributed by atoms with Crippen LogP contribution in [0.2, 0.25) is 0 Å². The van der Waals surface area contributed by atoms with Gasteiger partial charge in [0.05, 0.1) is 11.1 Å². The van der Waals surface area contributed by atoms with Gasteiger partial charge in [-0.05, 0) is 17.7 Å². The van der Waals surface area contributed by atoms with Gasteiger partial charge in [-0.15, -0.1) is 5.11 Å². The molecule has 0 fully saturated rings. The first-order valence-electron chi connectivity index (χ1n) is 4.67. The summed E-state index contributed by atoms with van der Waals surface area (Å²) in [5.74, 6) is -0.385. The third kappa shape index (κ3) is 2.63. The Kier molecular flexibility index (Phi) is 2.86. The van der Waals surface area contributed by atoms with Crippen molar-refractivity contribution in [3.63, 3.8) is 0 Å². The molecule has 6 nitrogen and oxygen atoms in total. The van der Waals surface area contributed by atoms with Gasteiger partial charge in [-0.3, -0.25) is 9.35 Å². The summed E-state index contributed by atoms with van der Waals surface area (Å²) in [7, 11) is -4.18. The molecule has 17 heavy (non-hydrogen) atoms. The third-order valence-electron chi connectivity index (χ3n) is 2.25. The third-order valence-corrected chi connectivity index (χ3v) is 3.12. The van der Waals surface area contributed by atoms with Crippen LogP contribution >= 0.6 is 0 Å². The van der Waals surface area contributed by atoms with Gasteiger partial charge in [0.1, 0.15) is 0 Å². The molecule has 0 aliphatic carbocycles. The Hall–Kier alpha value is -1.86. The van der Waals surface area contributed by atoms with Crippen LogP contribution in [0.4, 0.5) is 0 Å². The van der Waals surface area contributed by atoms with Crippen LogP contribution in [0, 0.1) is 0 Å². The quantitative estimate of drug-likeness (QED) is 0.821. The molecule has 0 radical (unpaired) electrons. The molecule has 1 amide bonds. The number of benzene rings is 1. The number of hydrogen-bond acceptors (Lipinski definition) is 4. The first-order chi connectivity index (χ1) is 7.97. The Morgan fingerprint density at radius 2 is 1.82 bits per heavy atom. The summed E-state index contributed by atoms with van der Waals surface area (Å²) in [5, 5.41) is 6.80. The van der Waals surface area contributed by atoms with Crippen molar-refractivity contribution in [3.05, 3.63) is 41.6 Å². The number of azo groups is 1. The molecule has 1 heterocycles. The van der Waals surface area contributed by atoms with E-state index in [2.05, 4.69) is 10.2 Å². The van der Waals surface area contributed by atoms with E-state index in [9.17, 15) is 13.2 Å². The van der Waals surface area contributed by atoms with Crippen molar-refractivity contribution in [2.75, 3.05) is 0 Å². The summed E-state index contributed by atoms with van der Waals surface area (Å²) in [6, 6.07) is 5.60. The predicted molar refractivity (Wildman–Crippen MR) is 57.9 cm³/mol. The fourth-order valence-electron chi connectivity index (χ4n) is 1.39. The SMILES string of the molecule is O=C1N=NC=C1Cc1ccc(S(=O)(=O)O)cc1. The van der Waals surface area contributed by atoms with Gasteiger partial charge in [-0.1, -0.05) is 12.1 Å². The molecule has 0 atom stereocenters. The van der Waals surface area contributed by atoms with E-state index in [0.717, 1.165) is 5.56 Å². The lowest BCUT2D eigenvalue weighted by Crippen LogP contribution is -2.00. The van der Waals surface area contributed by atoms with Crippen molar-refractivity contribution in [3.8, 4) is 0 Å². The first-order valence-corrected chi connectivity index (χ1v) is 6.11. The molecule has 0 saturated carbocycles. The van der Waals surface area contributed by atoms with Gasteiger partial charge in [-0.2, -0.15) is 13.5 Å². The number of amides is 1. The van der Waals surface area contributed by atoms with E-state index in [1.165, 1.54) is 30.5 Å².